The predicted octanol–water partition coefficient (Wildman–Crippen LogP) is 2.83. The molecule has 0 spiro atoms. The van der Waals surface area contributed by atoms with Crippen LogP contribution in [-0.2, 0) is 11.3 Å². The van der Waals surface area contributed by atoms with Crippen LogP contribution in [0.15, 0.2) is 58.3 Å². The fourth-order valence-corrected chi connectivity index (χ4v) is 2.45. The minimum Gasteiger partial charge on any atom is -0.357 e. The second-order valence-corrected chi connectivity index (χ2v) is 6.33. The SMILES string of the molecule is CCNC(=NCCC(=O)Nc1ccc(Br)cc1)NCCn1cccc1. The van der Waals surface area contributed by atoms with Crippen LogP contribution >= 0.6 is 15.9 Å². The first-order valence-corrected chi connectivity index (χ1v) is 9.15. The number of nitrogens with zero attached hydrogens (tertiary/aromatic N) is 2. The van der Waals surface area contributed by atoms with Gasteiger partial charge in [0, 0.05) is 48.6 Å². The number of aromatic nitrogens is 1. The molecule has 0 unspecified atom stereocenters. The number of amides is 1. The summed E-state index contributed by atoms with van der Waals surface area (Å²) >= 11 is 3.37. The molecule has 7 heteroatoms. The van der Waals surface area contributed by atoms with Gasteiger partial charge in [0.1, 0.15) is 0 Å². The van der Waals surface area contributed by atoms with Gasteiger partial charge in [-0.25, -0.2) is 0 Å². The highest BCUT2D eigenvalue weighted by Gasteiger charge is 2.03. The number of hydrogen-bond donors (Lipinski definition) is 3. The number of halogens is 1. The van der Waals surface area contributed by atoms with Crippen molar-refractivity contribution in [3.8, 4) is 0 Å². The van der Waals surface area contributed by atoms with Gasteiger partial charge in [0.05, 0.1) is 6.54 Å². The fraction of sp³-hybridized carbons (Fsp3) is 0.333. The Labute approximate surface area is 156 Å². The summed E-state index contributed by atoms with van der Waals surface area (Å²) in [7, 11) is 0. The molecule has 0 bridgehead atoms. The maximum atomic E-state index is 12.0. The van der Waals surface area contributed by atoms with E-state index in [0.717, 1.165) is 35.8 Å². The molecule has 3 N–H and O–H groups in total. The van der Waals surface area contributed by atoms with Gasteiger partial charge in [-0.2, -0.15) is 0 Å². The van der Waals surface area contributed by atoms with Crippen LogP contribution in [0, 0.1) is 0 Å². The number of benzene rings is 1. The van der Waals surface area contributed by atoms with Gasteiger partial charge in [0.25, 0.3) is 0 Å². The van der Waals surface area contributed by atoms with E-state index in [1.54, 1.807) is 0 Å². The lowest BCUT2D eigenvalue weighted by Gasteiger charge is -2.11. The van der Waals surface area contributed by atoms with Crippen molar-refractivity contribution in [3.05, 3.63) is 53.3 Å². The fourth-order valence-electron chi connectivity index (χ4n) is 2.19. The molecular formula is C18H24BrN5O. The monoisotopic (exact) mass is 405 g/mol. The van der Waals surface area contributed by atoms with Crippen molar-refractivity contribution in [1.82, 2.24) is 15.2 Å². The van der Waals surface area contributed by atoms with Gasteiger partial charge >= 0.3 is 0 Å². The maximum absolute atomic E-state index is 12.0. The van der Waals surface area contributed by atoms with Gasteiger partial charge < -0.3 is 20.5 Å². The number of rotatable bonds is 8. The molecule has 0 atom stereocenters. The Morgan fingerprint density at radius 2 is 1.88 bits per heavy atom. The maximum Gasteiger partial charge on any atom is 0.226 e. The molecule has 0 aliphatic rings. The third-order valence-corrected chi connectivity index (χ3v) is 3.94. The second kappa shape index (κ2) is 10.6. The number of hydrogen-bond acceptors (Lipinski definition) is 2. The average Bonchev–Trinajstić information content (AvgIpc) is 3.10. The zero-order chi connectivity index (χ0) is 17.9. The van der Waals surface area contributed by atoms with Gasteiger partial charge in [-0.3, -0.25) is 9.79 Å². The van der Waals surface area contributed by atoms with Crippen molar-refractivity contribution in [2.75, 3.05) is 25.0 Å². The van der Waals surface area contributed by atoms with Gasteiger partial charge in [0.15, 0.2) is 5.96 Å². The highest BCUT2D eigenvalue weighted by Crippen LogP contribution is 2.14. The standard InChI is InChI=1S/C18H24BrN5O/c1-2-20-18(22-11-14-24-12-3-4-13-24)21-10-9-17(25)23-16-7-5-15(19)6-8-16/h3-8,12-13H,2,9-11,14H2,1H3,(H,23,25)(H2,20,21,22). The van der Waals surface area contributed by atoms with Gasteiger partial charge in [-0.15, -0.1) is 0 Å². The lowest BCUT2D eigenvalue weighted by Crippen LogP contribution is -2.39. The zero-order valence-electron chi connectivity index (χ0n) is 14.3. The van der Waals surface area contributed by atoms with E-state index in [9.17, 15) is 4.79 Å². The number of carbonyl (C=O) groups excluding carboxylic acids is 1. The highest BCUT2D eigenvalue weighted by molar-refractivity contribution is 9.10. The van der Waals surface area contributed by atoms with E-state index in [0.29, 0.717) is 13.0 Å². The van der Waals surface area contributed by atoms with Crippen LogP contribution in [0.5, 0.6) is 0 Å². The Balaban J connectivity index is 1.73. The lowest BCUT2D eigenvalue weighted by molar-refractivity contribution is -0.116. The van der Waals surface area contributed by atoms with Crippen LogP contribution < -0.4 is 16.0 Å². The number of anilines is 1. The summed E-state index contributed by atoms with van der Waals surface area (Å²) in [5.41, 5.74) is 0.786. The Morgan fingerprint density at radius 1 is 1.16 bits per heavy atom. The Morgan fingerprint density at radius 3 is 2.56 bits per heavy atom. The van der Waals surface area contributed by atoms with Crippen LogP contribution in [0.3, 0.4) is 0 Å². The number of nitrogens with one attached hydrogen (secondary N) is 3. The van der Waals surface area contributed by atoms with Crippen LogP contribution in [0.25, 0.3) is 0 Å². The molecule has 0 saturated carbocycles. The van der Waals surface area contributed by atoms with E-state index in [2.05, 4.69) is 41.4 Å². The van der Waals surface area contributed by atoms with E-state index < -0.39 is 0 Å². The predicted molar refractivity (Wildman–Crippen MR) is 106 cm³/mol. The van der Waals surface area contributed by atoms with E-state index in [1.807, 2.05) is 55.7 Å². The van der Waals surface area contributed by atoms with Crippen LogP contribution in [0.2, 0.25) is 0 Å². The minimum atomic E-state index is -0.0470. The van der Waals surface area contributed by atoms with Crippen LogP contribution in [0.4, 0.5) is 5.69 Å². The molecule has 0 aliphatic heterocycles. The highest BCUT2D eigenvalue weighted by atomic mass is 79.9. The third-order valence-electron chi connectivity index (χ3n) is 3.41. The van der Waals surface area contributed by atoms with E-state index in [-0.39, 0.29) is 5.91 Å². The molecule has 2 rings (SSSR count). The topological polar surface area (TPSA) is 70.4 Å². The Kier molecular flexibility index (Phi) is 8.04. The van der Waals surface area contributed by atoms with E-state index >= 15 is 0 Å². The first-order chi connectivity index (χ1) is 12.2. The second-order valence-electron chi connectivity index (χ2n) is 5.41. The zero-order valence-corrected chi connectivity index (χ0v) is 15.9. The quantitative estimate of drug-likeness (QED) is 0.467. The Hall–Kier alpha value is -2.28. The van der Waals surface area contributed by atoms with Gasteiger partial charge in [-0.1, -0.05) is 15.9 Å². The average molecular weight is 406 g/mol. The number of carbonyl (C=O) groups is 1. The molecule has 6 nitrogen and oxygen atoms in total. The summed E-state index contributed by atoms with van der Waals surface area (Å²) in [6.07, 6.45) is 4.39. The molecule has 0 radical (unpaired) electrons. The summed E-state index contributed by atoms with van der Waals surface area (Å²) in [5, 5.41) is 9.32. The summed E-state index contributed by atoms with van der Waals surface area (Å²) in [4.78, 5) is 16.4. The van der Waals surface area contributed by atoms with Crippen LogP contribution in [0.1, 0.15) is 13.3 Å². The number of guanidine groups is 1. The summed E-state index contributed by atoms with van der Waals surface area (Å²) in [6, 6.07) is 11.5. The molecule has 0 aliphatic carbocycles. The normalized spacial score (nSPS) is 11.2. The first-order valence-electron chi connectivity index (χ1n) is 8.35. The lowest BCUT2D eigenvalue weighted by atomic mass is 10.3. The third kappa shape index (κ3) is 7.43. The van der Waals surface area contributed by atoms with Crippen molar-refractivity contribution in [1.29, 1.82) is 0 Å². The minimum absolute atomic E-state index is 0.0470. The van der Waals surface area contributed by atoms with E-state index in [4.69, 9.17) is 0 Å². The molecule has 1 heterocycles. The van der Waals surface area contributed by atoms with Gasteiger partial charge in [0.2, 0.25) is 5.91 Å². The molecule has 25 heavy (non-hydrogen) atoms. The summed E-state index contributed by atoms with van der Waals surface area (Å²) in [5.74, 6) is 0.681. The van der Waals surface area contributed by atoms with Crippen molar-refractivity contribution in [2.45, 2.75) is 19.9 Å². The molecule has 0 saturated heterocycles. The van der Waals surface area contributed by atoms with Crippen molar-refractivity contribution < 1.29 is 4.79 Å². The van der Waals surface area contributed by atoms with Crippen molar-refractivity contribution in [2.24, 2.45) is 4.99 Å². The van der Waals surface area contributed by atoms with Gasteiger partial charge in [-0.05, 0) is 43.3 Å². The largest absolute Gasteiger partial charge is 0.357 e. The molecule has 2 aromatic rings. The van der Waals surface area contributed by atoms with Crippen LogP contribution in [-0.4, -0.2) is 36.1 Å². The molecule has 0 fully saturated rings. The molecule has 1 aromatic heterocycles. The number of aliphatic imine (C=N–C) groups is 1. The van der Waals surface area contributed by atoms with E-state index in [1.165, 1.54) is 0 Å². The smallest absolute Gasteiger partial charge is 0.226 e. The molecule has 1 amide bonds. The first kappa shape index (κ1) is 19.1. The Bertz CT molecular complexity index is 667. The molecular weight excluding hydrogens is 382 g/mol. The van der Waals surface area contributed by atoms with Crippen molar-refractivity contribution >= 4 is 33.5 Å². The summed E-state index contributed by atoms with van der Waals surface area (Å²) < 4.78 is 3.08. The summed E-state index contributed by atoms with van der Waals surface area (Å²) in [6.45, 7) is 4.86. The molecule has 1 aromatic carbocycles. The van der Waals surface area contributed by atoms with Crippen molar-refractivity contribution in [3.63, 3.8) is 0 Å². The molecule has 134 valence electrons.